The van der Waals surface area contributed by atoms with Crippen molar-refractivity contribution >= 4 is 11.8 Å². The van der Waals surface area contributed by atoms with Crippen molar-refractivity contribution in [3.8, 4) is 5.75 Å². The summed E-state index contributed by atoms with van der Waals surface area (Å²) in [5.41, 5.74) is 1.84. The Morgan fingerprint density at radius 2 is 1.88 bits per heavy atom. The SMILES string of the molecule is CCNC(=O)C1N=C(c2ccccc2OCc2ccccc2)O[C@@H]1C. The molecule has 0 fully saturated rings. The molecule has 2 aromatic carbocycles. The number of hydrogen-bond acceptors (Lipinski definition) is 4. The fraction of sp³-hybridized carbons (Fsp3) is 0.300. The van der Waals surface area contributed by atoms with Gasteiger partial charge in [0.05, 0.1) is 5.56 Å². The van der Waals surface area contributed by atoms with E-state index >= 15 is 0 Å². The molecule has 0 radical (unpaired) electrons. The molecule has 2 aromatic rings. The van der Waals surface area contributed by atoms with Crippen LogP contribution in [0.3, 0.4) is 0 Å². The molecule has 0 aliphatic carbocycles. The zero-order valence-electron chi connectivity index (χ0n) is 14.4. The fourth-order valence-electron chi connectivity index (χ4n) is 2.69. The Hall–Kier alpha value is -2.82. The van der Waals surface area contributed by atoms with Crippen LogP contribution in [0.25, 0.3) is 0 Å². The lowest BCUT2D eigenvalue weighted by atomic mass is 10.2. The number of likely N-dealkylation sites (N-methyl/N-ethyl adjacent to an activating group) is 1. The zero-order valence-corrected chi connectivity index (χ0v) is 14.4. The van der Waals surface area contributed by atoms with E-state index in [1.807, 2.05) is 68.4 Å². The van der Waals surface area contributed by atoms with Crippen LogP contribution in [0.4, 0.5) is 0 Å². The van der Waals surface area contributed by atoms with Crippen LogP contribution in [0.2, 0.25) is 0 Å². The zero-order chi connectivity index (χ0) is 17.6. The van der Waals surface area contributed by atoms with Crippen LogP contribution in [0.5, 0.6) is 5.75 Å². The Bertz CT molecular complexity index is 759. The summed E-state index contributed by atoms with van der Waals surface area (Å²) in [6.07, 6.45) is -0.302. The van der Waals surface area contributed by atoms with E-state index in [1.54, 1.807) is 0 Å². The van der Waals surface area contributed by atoms with E-state index in [-0.39, 0.29) is 12.0 Å². The number of benzene rings is 2. The van der Waals surface area contributed by atoms with Gasteiger partial charge in [-0.3, -0.25) is 4.79 Å². The molecule has 1 amide bonds. The van der Waals surface area contributed by atoms with Gasteiger partial charge in [-0.2, -0.15) is 0 Å². The van der Waals surface area contributed by atoms with Crippen LogP contribution in [-0.2, 0) is 16.1 Å². The number of carbonyl (C=O) groups excluding carboxylic acids is 1. The number of nitrogens with one attached hydrogen (secondary N) is 1. The maximum atomic E-state index is 12.1. The van der Waals surface area contributed by atoms with E-state index in [0.29, 0.717) is 24.8 Å². The van der Waals surface area contributed by atoms with E-state index in [4.69, 9.17) is 9.47 Å². The standard InChI is InChI=1S/C20H22N2O3/c1-3-21-19(23)18-14(2)25-20(22-18)16-11-7-8-12-17(16)24-13-15-9-5-4-6-10-15/h4-12,14,18H,3,13H2,1-2H3,(H,21,23)/t14-,18?/m1/s1. The second-order valence-electron chi connectivity index (χ2n) is 5.87. The van der Waals surface area contributed by atoms with Crippen molar-refractivity contribution < 1.29 is 14.3 Å². The molecule has 1 N–H and O–H groups in total. The van der Waals surface area contributed by atoms with Gasteiger partial charge in [0.15, 0.2) is 6.04 Å². The predicted octanol–water partition coefficient (Wildman–Crippen LogP) is 2.94. The highest BCUT2D eigenvalue weighted by molar-refractivity contribution is 6.00. The molecule has 5 nitrogen and oxygen atoms in total. The molecule has 5 heteroatoms. The number of ether oxygens (including phenoxy) is 2. The molecule has 130 valence electrons. The first kappa shape index (κ1) is 17.0. The van der Waals surface area contributed by atoms with E-state index in [2.05, 4.69) is 10.3 Å². The van der Waals surface area contributed by atoms with Gasteiger partial charge in [-0.1, -0.05) is 42.5 Å². The highest BCUT2D eigenvalue weighted by atomic mass is 16.5. The quantitative estimate of drug-likeness (QED) is 0.881. The highest BCUT2D eigenvalue weighted by Gasteiger charge is 2.34. The summed E-state index contributed by atoms with van der Waals surface area (Å²) in [4.78, 5) is 16.6. The normalized spacial score (nSPS) is 19.0. The van der Waals surface area contributed by atoms with Crippen molar-refractivity contribution in [3.63, 3.8) is 0 Å². The number of amides is 1. The molecular formula is C20H22N2O3. The number of aliphatic imine (C=N–C) groups is 1. The first-order valence-corrected chi connectivity index (χ1v) is 8.47. The van der Waals surface area contributed by atoms with E-state index < -0.39 is 6.04 Å². The third-order valence-electron chi connectivity index (χ3n) is 3.97. The van der Waals surface area contributed by atoms with Crippen molar-refractivity contribution in [2.75, 3.05) is 6.54 Å². The molecule has 0 saturated heterocycles. The molecule has 25 heavy (non-hydrogen) atoms. The summed E-state index contributed by atoms with van der Waals surface area (Å²) in [5.74, 6) is 1.02. The van der Waals surface area contributed by atoms with Crippen LogP contribution in [0, 0.1) is 0 Å². The molecule has 1 aliphatic heterocycles. The van der Waals surface area contributed by atoms with Crippen molar-refractivity contribution in [3.05, 3.63) is 65.7 Å². The number of para-hydroxylation sites is 1. The molecular weight excluding hydrogens is 316 g/mol. The third kappa shape index (κ3) is 3.99. The largest absolute Gasteiger partial charge is 0.488 e. The van der Waals surface area contributed by atoms with Gasteiger partial charge in [0.25, 0.3) is 0 Å². The third-order valence-corrected chi connectivity index (χ3v) is 3.97. The van der Waals surface area contributed by atoms with Gasteiger partial charge < -0.3 is 14.8 Å². The maximum absolute atomic E-state index is 12.1. The second kappa shape index (κ2) is 7.83. The number of nitrogens with zero attached hydrogens (tertiary/aromatic N) is 1. The Morgan fingerprint density at radius 3 is 2.64 bits per heavy atom. The Morgan fingerprint density at radius 1 is 1.16 bits per heavy atom. The van der Waals surface area contributed by atoms with Gasteiger partial charge in [0, 0.05) is 6.54 Å². The van der Waals surface area contributed by atoms with Crippen LogP contribution >= 0.6 is 0 Å². The first-order valence-electron chi connectivity index (χ1n) is 8.47. The minimum absolute atomic E-state index is 0.118. The van der Waals surface area contributed by atoms with Crippen LogP contribution in [0.15, 0.2) is 59.6 Å². The first-order chi connectivity index (χ1) is 12.2. The summed E-state index contributed by atoms with van der Waals surface area (Å²) >= 11 is 0. The molecule has 0 aromatic heterocycles. The predicted molar refractivity (Wildman–Crippen MR) is 96.8 cm³/mol. The second-order valence-corrected chi connectivity index (χ2v) is 5.87. The topological polar surface area (TPSA) is 59.9 Å². The minimum Gasteiger partial charge on any atom is -0.488 e. The average Bonchev–Trinajstić information content (AvgIpc) is 3.03. The highest BCUT2D eigenvalue weighted by Crippen LogP contribution is 2.26. The van der Waals surface area contributed by atoms with Crippen molar-refractivity contribution in [1.82, 2.24) is 5.32 Å². The molecule has 1 unspecified atom stereocenters. The van der Waals surface area contributed by atoms with Crippen LogP contribution in [0.1, 0.15) is 25.0 Å². The lowest BCUT2D eigenvalue weighted by molar-refractivity contribution is -0.123. The Balaban J connectivity index is 1.78. The van der Waals surface area contributed by atoms with E-state index in [9.17, 15) is 4.79 Å². The van der Waals surface area contributed by atoms with E-state index in [0.717, 1.165) is 11.1 Å². The number of rotatable bonds is 6. The van der Waals surface area contributed by atoms with Gasteiger partial charge >= 0.3 is 0 Å². The molecule has 0 saturated carbocycles. The summed E-state index contributed by atoms with van der Waals surface area (Å²) in [7, 11) is 0. The van der Waals surface area contributed by atoms with Crippen molar-refractivity contribution in [2.45, 2.75) is 32.6 Å². The van der Waals surface area contributed by atoms with Crippen LogP contribution < -0.4 is 10.1 Å². The minimum atomic E-state index is -0.530. The monoisotopic (exact) mass is 338 g/mol. The molecule has 0 spiro atoms. The lowest BCUT2D eigenvalue weighted by Crippen LogP contribution is -2.38. The summed E-state index contributed by atoms with van der Waals surface area (Å²) in [6.45, 7) is 4.77. The molecule has 0 bridgehead atoms. The van der Waals surface area contributed by atoms with Gasteiger partial charge in [0.2, 0.25) is 11.8 Å². The Kier molecular flexibility index (Phi) is 5.33. The van der Waals surface area contributed by atoms with Gasteiger partial charge in [0.1, 0.15) is 18.5 Å². The fourth-order valence-corrected chi connectivity index (χ4v) is 2.69. The van der Waals surface area contributed by atoms with E-state index in [1.165, 1.54) is 0 Å². The molecule has 3 rings (SSSR count). The van der Waals surface area contributed by atoms with Gasteiger partial charge in [-0.25, -0.2) is 4.99 Å². The van der Waals surface area contributed by atoms with Crippen molar-refractivity contribution in [1.29, 1.82) is 0 Å². The maximum Gasteiger partial charge on any atom is 0.248 e. The summed E-state index contributed by atoms with van der Waals surface area (Å²) in [5, 5.41) is 2.79. The summed E-state index contributed by atoms with van der Waals surface area (Å²) < 4.78 is 11.8. The van der Waals surface area contributed by atoms with Crippen molar-refractivity contribution in [2.24, 2.45) is 4.99 Å². The Labute approximate surface area is 147 Å². The smallest absolute Gasteiger partial charge is 0.248 e. The summed E-state index contributed by atoms with van der Waals surface area (Å²) in [6, 6.07) is 17.0. The van der Waals surface area contributed by atoms with Gasteiger partial charge in [-0.05, 0) is 31.5 Å². The lowest BCUT2D eigenvalue weighted by Gasteiger charge is -2.13. The van der Waals surface area contributed by atoms with Gasteiger partial charge in [-0.15, -0.1) is 0 Å². The number of hydrogen-bond donors (Lipinski definition) is 1. The number of carbonyl (C=O) groups is 1. The molecule has 1 aliphatic rings. The molecule has 2 atom stereocenters. The van der Waals surface area contributed by atoms with Crippen LogP contribution in [-0.4, -0.2) is 30.5 Å². The molecule has 1 heterocycles. The average molecular weight is 338 g/mol.